The van der Waals surface area contributed by atoms with Gasteiger partial charge in [-0.25, -0.2) is 18.4 Å². The second-order valence-electron chi connectivity index (χ2n) is 4.72. The molecule has 2 aromatic carbocycles. The highest BCUT2D eigenvalue weighted by Gasteiger charge is 2.45. The van der Waals surface area contributed by atoms with Crippen molar-refractivity contribution in [1.29, 1.82) is 0 Å². The van der Waals surface area contributed by atoms with Crippen LogP contribution in [0, 0.1) is 0 Å². The molecule has 1 unspecified atom stereocenters. The average Bonchev–Trinajstić information content (AvgIpc) is 2.71. The lowest BCUT2D eigenvalue weighted by atomic mass is 9.99. The molecule has 114 valence electrons. The predicted octanol–water partition coefficient (Wildman–Crippen LogP) is 2.71. The molecule has 1 aliphatic heterocycles. The molecule has 1 aliphatic rings. The Hall–Kier alpha value is -1.41. The number of ether oxygens (including phenoxy) is 1. The minimum Gasteiger partial charge on any atom is -0.431 e. The minimum absolute atomic E-state index is 0.134. The molecule has 0 spiro atoms. The van der Waals surface area contributed by atoms with Crippen LogP contribution in [0.2, 0.25) is 0 Å². The molecule has 2 aromatic rings. The molecule has 1 heterocycles. The van der Waals surface area contributed by atoms with E-state index in [0.717, 1.165) is 0 Å². The molecule has 8 heteroatoms. The number of sulfonamides is 1. The standard InChI is InChI=1S/C14H9BrClNO4S/c15-11-6-5-8(7-12(11)22(17,19)20)14(16)10-4-2-1-3-9(10)13(18)21-14/h1-7H,(H2,17,19,20). The van der Waals surface area contributed by atoms with Gasteiger partial charge in [0.1, 0.15) is 0 Å². The first-order chi connectivity index (χ1) is 10.2. The van der Waals surface area contributed by atoms with Gasteiger partial charge < -0.3 is 4.74 Å². The summed E-state index contributed by atoms with van der Waals surface area (Å²) in [5.74, 6) is -0.564. The van der Waals surface area contributed by atoms with Crippen LogP contribution in [0.1, 0.15) is 21.5 Å². The summed E-state index contributed by atoms with van der Waals surface area (Å²) in [5, 5.41) is 3.61. The lowest BCUT2D eigenvalue weighted by molar-refractivity contribution is 0.0365. The van der Waals surface area contributed by atoms with Crippen LogP contribution in [0.5, 0.6) is 0 Å². The van der Waals surface area contributed by atoms with E-state index in [4.69, 9.17) is 21.5 Å². The number of cyclic esters (lactones) is 1. The van der Waals surface area contributed by atoms with Crippen LogP contribution in [0.3, 0.4) is 0 Å². The van der Waals surface area contributed by atoms with Crippen LogP contribution in [-0.4, -0.2) is 14.4 Å². The van der Waals surface area contributed by atoms with Gasteiger partial charge in [0.15, 0.2) is 0 Å². The van der Waals surface area contributed by atoms with Crippen molar-refractivity contribution < 1.29 is 17.9 Å². The van der Waals surface area contributed by atoms with Crippen molar-refractivity contribution >= 4 is 43.5 Å². The molecule has 0 amide bonds. The number of carbonyl (C=O) groups excluding carboxylic acids is 1. The van der Waals surface area contributed by atoms with Gasteiger partial charge in [-0.15, -0.1) is 0 Å². The summed E-state index contributed by atoms with van der Waals surface area (Å²) in [5.41, 5.74) is 1.11. The smallest absolute Gasteiger partial charge is 0.340 e. The van der Waals surface area contributed by atoms with Gasteiger partial charge in [0, 0.05) is 15.6 Å². The Morgan fingerprint density at radius 2 is 1.86 bits per heavy atom. The number of rotatable bonds is 2. The predicted molar refractivity (Wildman–Crippen MR) is 84.0 cm³/mol. The van der Waals surface area contributed by atoms with Crippen molar-refractivity contribution in [3.8, 4) is 0 Å². The first kappa shape index (κ1) is 15.5. The summed E-state index contributed by atoms with van der Waals surface area (Å²) >= 11 is 9.63. The number of hydrogen-bond donors (Lipinski definition) is 1. The molecule has 0 saturated heterocycles. The quantitative estimate of drug-likeness (QED) is 0.618. The Bertz CT molecular complexity index is 899. The topological polar surface area (TPSA) is 86.5 Å². The average molecular weight is 403 g/mol. The fourth-order valence-corrected chi connectivity index (χ4v) is 4.22. The van der Waals surface area contributed by atoms with E-state index >= 15 is 0 Å². The Balaban J connectivity index is 2.23. The highest BCUT2D eigenvalue weighted by molar-refractivity contribution is 9.10. The van der Waals surface area contributed by atoms with E-state index in [1.165, 1.54) is 12.1 Å². The summed E-state index contributed by atoms with van der Waals surface area (Å²) in [6.45, 7) is 0. The van der Waals surface area contributed by atoms with Gasteiger partial charge in [-0.05, 0) is 34.1 Å². The number of alkyl halides is 1. The van der Waals surface area contributed by atoms with E-state index in [2.05, 4.69) is 15.9 Å². The van der Waals surface area contributed by atoms with Crippen LogP contribution in [0.25, 0.3) is 0 Å². The van der Waals surface area contributed by atoms with Crippen LogP contribution >= 0.6 is 27.5 Å². The Labute approximate surface area is 140 Å². The zero-order valence-corrected chi connectivity index (χ0v) is 14.1. The summed E-state index contributed by atoms with van der Waals surface area (Å²) in [6, 6.07) is 11.0. The normalized spacial score (nSPS) is 20.6. The van der Waals surface area contributed by atoms with Crippen molar-refractivity contribution in [2.75, 3.05) is 0 Å². The minimum atomic E-state index is -3.95. The third-order valence-corrected chi connectivity index (χ3v) is 5.74. The maximum Gasteiger partial charge on any atom is 0.340 e. The highest BCUT2D eigenvalue weighted by atomic mass is 79.9. The number of hydrogen-bond acceptors (Lipinski definition) is 4. The van der Waals surface area contributed by atoms with E-state index in [0.29, 0.717) is 21.2 Å². The number of benzene rings is 2. The van der Waals surface area contributed by atoms with Crippen molar-refractivity contribution in [3.63, 3.8) is 0 Å². The maximum atomic E-state index is 11.9. The Morgan fingerprint density at radius 3 is 2.55 bits per heavy atom. The van der Waals surface area contributed by atoms with Crippen LogP contribution in [-0.2, 0) is 19.8 Å². The van der Waals surface area contributed by atoms with Crippen molar-refractivity contribution in [2.45, 2.75) is 9.96 Å². The molecule has 5 nitrogen and oxygen atoms in total. The zero-order valence-electron chi connectivity index (χ0n) is 10.9. The van der Waals surface area contributed by atoms with Gasteiger partial charge in [0.2, 0.25) is 15.1 Å². The van der Waals surface area contributed by atoms with E-state index in [9.17, 15) is 13.2 Å². The SMILES string of the molecule is NS(=O)(=O)c1cc(C2(Cl)OC(=O)c3ccccc32)ccc1Br. The molecule has 0 aromatic heterocycles. The number of esters is 1. The Kier molecular flexibility index (Phi) is 3.56. The van der Waals surface area contributed by atoms with Gasteiger partial charge in [-0.2, -0.15) is 0 Å². The molecule has 22 heavy (non-hydrogen) atoms. The van der Waals surface area contributed by atoms with Gasteiger partial charge in [-0.3, -0.25) is 0 Å². The maximum absolute atomic E-state index is 11.9. The van der Waals surface area contributed by atoms with E-state index in [1.54, 1.807) is 30.3 Å². The summed E-state index contributed by atoms with van der Waals surface area (Å²) in [4.78, 5) is 11.8. The molecule has 0 bridgehead atoms. The van der Waals surface area contributed by atoms with Crippen molar-refractivity contribution in [2.24, 2.45) is 5.14 Å². The van der Waals surface area contributed by atoms with E-state index in [1.807, 2.05) is 0 Å². The lowest BCUT2D eigenvalue weighted by Gasteiger charge is -2.22. The second-order valence-corrected chi connectivity index (χ2v) is 7.64. The van der Waals surface area contributed by atoms with Gasteiger partial charge in [0.05, 0.1) is 10.5 Å². The lowest BCUT2D eigenvalue weighted by Crippen LogP contribution is -2.22. The Morgan fingerprint density at radius 1 is 1.18 bits per heavy atom. The third-order valence-electron chi connectivity index (χ3n) is 3.34. The number of primary sulfonamides is 1. The molecule has 0 saturated carbocycles. The third kappa shape index (κ3) is 2.34. The fraction of sp³-hybridized carbons (Fsp3) is 0.0714. The zero-order chi connectivity index (χ0) is 16.1. The van der Waals surface area contributed by atoms with E-state index < -0.39 is 21.1 Å². The summed E-state index contributed by atoms with van der Waals surface area (Å²) in [6.07, 6.45) is 0. The molecule has 0 aliphatic carbocycles. The van der Waals surface area contributed by atoms with E-state index in [-0.39, 0.29) is 4.90 Å². The second kappa shape index (κ2) is 5.06. The molecular weight excluding hydrogens is 394 g/mol. The molecule has 0 fully saturated rings. The molecule has 1 atom stereocenters. The van der Waals surface area contributed by atoms with Gasteiger partial charge in [-0.1, -0.05) is 35.9 Å². The largest absolute Gasteiger partial charge is 0.431 e. The number of nitrogens with two attached hydrogens (primary N) is 1. The number of fused-ring (bicyclic) bond motifs is 1. The first-order valence-corrected chi connectivity index (χ1v) is 8.80. The van der Waals surface area contributed by atoms with Gasteiger partial charge in [0.25, 0.3) is 0 Å². The van der Waals surface area contributed by atoms with Crippen LogP contribution < -0.4 is 5.14 Å². The molecule has 3 rings (SSSR count). The van der Waals surface area contributed by atoms with Crippen molar-refractivity contribution in [3.05, 3.63) is 63.6 Å². The van der Waals surface area contributed by atoms with Crippen LogP contribution in [0.15, 0.2) is 51.8 Å². The summed E-state index contributed by atoms with van der Waals surface area (Å²) < 4.78 is 28.9. The monoisotopic (exact) mass is 401 g/mol. The fourth-order valence-electron chi connectivity index (χ4n) is 2.32. The molecule has 2 N–H and O–H groups in total. The molecular formula is C14H9BrClNO4S. The van der Waals surface area contributed by atoms with Gasteiger partial charge >= 0.3 is 5.97 Å². The molecule has 0 radical (unpaired) electrons. The highest BCUT2D eigenvalue weighted by Crippen LogP contribution is 2.46. The first-order valence-electron chi connectivity index (χ1n) is 6.08. The van der Waals surface area contributed by atoms with Crippen LogP contribution in [0.4, 0.5) is 0 Å². The number of carbonyl (C=O) groups is 1. The summed E-state index contributed by atoms with van der Waals surface area (Å²) in [7, 11) is -3.95. The number of halogens is 2. The van der Waals surface area contributed by atoms with Crippen molar-refractivity contribution in [1.82, 2.24) is 0 Å².